The second-order valence-corrected chi connectivity index (χ2v) is 6.38. The van der Waals surface area contributed by atoms with Crippen LogP contribution in [0.4, 0.5) is 0 Å². The third-order valence-electron chi connectivity index (χ3n) is 4.30. The van der Waals surface area contributed by atoms with E-state index in [-0.39, 0.29) is 11.9 Å². The van der Waals surface area contributed by atoms with Crippen molar-refractivity contribution in [2.75, 3.05) is 6.54 Å². The van der Waals surface area contributed by atoms with Crippen LogP contribution < -0.4 is 10.6 Å². The molecule has 0 radical (unpaired) electrons. The van der Waals surface area contributed by atoms with Crippen LogP contribution in [0.25, 0.3) is 0 Å². The molecule has 1 aliphatic rings. The molecule has 0 aromatic carbocycles. The lowest BCUT2D eigenvalue weighted by Crippen LogP contribution is -2.35. The maximum absolute atomic E-state index is 11.8. The quantitative estimate of drug-likeness (QED) is 0.484. The second-order valence-electron chi connectivity index (χ2n) is 6.38. The highest BCUT2D eigenvalue weighted by atomic mass is 16.4. The molecule has 0 bridgehead atoms. The molecule has 1 heterocycles. The lowest BCUT2D eigenvalue weighted by atomic mass is 10.1. The number of aliphatic carboxylic acids is 1. The van der Waals surface area contributed by atoms with Gasteiger partial charge in [0, 0.05) is 19.0 Å². The van der Waals surface area contributed by atoms with Gasteiger partial charge in [0.2, 0.25) is 5.91 Å². The largest absolute Gasteiger partial charge is 0.480 e. The van der Waals surface area contributed by atoms with Gasteiger partial charge >= 0.3 is 5.97 Å². The average molecular weight is 312 g/mol. The van der Waals surface area contributed by atoms with E-state index in [9.17, 15) is 9.59 Å². The lowest BCUT2D eigenvalue weighted by Gasteiger charge is -2.11. The number of hydrogen-bond donors (Lipinski definition) is 3. The van der Waals surface area contributed by atoms with Gasteiger partial charge in [-0.3, -0.25) is 9.59 Å². The Labute approximate surface area is 134 Å². The van der Waals surface area contributed by atoms with Crippen molar-refractivity contribution in [2.24, 2.45) is 0 Å². The van der Waals surface area contributed by atoms with E-state index in [1.165, 1.54) is 44.9 Å². The van der Waals surface area contributed by atoms with Crippen LogP contribution in [0.3, 0.4) is 0 Å². The minimum Gasteiger partial charge on any atom is -0.480 e. The van der Waals surface area contributed by atoms with E-state index in [1.54, 1.807) is 0 Å². The molecule has 1 aliphatic heterocycles. The third kappa shape index (κ3) is 8.37. The number of unbranched alkanes of at least 4 members (excludes halogenated alkanes) is 8. The number of carboxylic acids is 1. The van der Waals surface area contributed by atoms with Crippen LogP contribution in [-0.4, -0.2) is 35.6 Å². The van der Waals surface area contributed by atoms with Gasteiger partial charge in [-0.2, -0.15) is 0 Å². The molecular formula is C17H32N2O3. The van der Waals surface area contributed by atoms with Gasteiger partial charge < -0.3 is 15.7 Å². The van der Waals surface area contributed by atoms with E-state index < -0.39 is 12.0 Å². The van der Waals surface area contributed by atoms with Crippen LogP contribution in [-0.2, 0) is 9.59 Å². The molecule has 0 aromatic heterocycles. The molecule has 0 aromatic rings. The fraction of sp³-hybridized carbons (Fsp3) is 0.882. The van der Waals surface area contributed by atoms with Gasteiger partial charge in [0.05, 0.1) is 0 Å². The minimum absolute atomic E-state index is 0.0350. The van der Waals surface area contributed by atoms with Gasteiger partial charge in [-0.05, 0) is 12.8 Å². The first kappa shape index (κ1) is 18.9. The molecule has 2 atom stereocenters. The molecule has 1 amide bonds. The Balaban J connectivity index is 1.93. The molecule has 1 fully saturated rings. The van der Waals surface area contributed by atoms with E-state index in [0.29, 0.717) is 19.4 Å². The predicted octanol–water partition coefficient (Wildman–Crippen LogP) is 2.84. The van der Waals surface area contributed by atoms with Crippen molar-refractivity contribution >= 4 is 11.9 Å². The van der Waals surface area contributed by atoms with E-state index in [1.807, 2.05) is 0 Å². The van der Waals surface area contributed by atoms with Gasteiger partial charge in [0.1, 0.15) is 6.04 Å². The summed E-state index contributed by atoms with van der Waals surface area (Å²) in [5, 5.41) is 14.7. The van der Waals surface area contributed by atoms with E-state index in [0.717, 1.165) is 12.8 Å². The molecule has 5 nitrogen and oxygen atoms in total. The van der Waals surface area contributed by atoms with Crippen LogP contribution in [0.15, 0.2) is 0 Å². The lowest BCUT2D eigenvalue weighted by molar-refractivity contribution is -0.139. The summed E-state index contributed by atoms with van der Waals surface area (Å²) in [6.07, 6.45) is 12.2. The summed E-state index contributed by atoms with van der Waals surface area (Å²) >= 11 is 0. The van der Waals surface area contributed by atoms with Crippen LogP contribution in [0, 0.1) is 0 Å². The smallest absolute Gasteiger partial charge is 0.320 e. The van der Waals surface area contributed by atoms with Crippen molar-refractivity contribution in [3.05, 3.63) is 0 Å². The Hall–Kier alpha value is -1.10. The molecule has 0 spiro atoms. The third-order valence-corrected chi connectivity index (χ3v) is 4.30. The van der Waals surface area contributed by atoms with Crippen molar-refractivity contribution in [1.82, 2.24) is 10.6 Å². The summed E-state index contributed by atoms with van der Waals surface area (Å²) in [6.45, 7) is 2.79. The van der Waals surface area contributed by atoms with Gasteiger partial charge in [-0.25, -0.2) is 0 Å². The number of rotatable bonds is 12. The van der Waals surface area contributed by atoms with Crippen LogP contribution >= 0.6 is 0 Å². The van der Waals surface area contributed by atoms with E-state index >= 15 is 0 Å². The summed E-state index contributed by atoms with van der Waals surface area (Å²) in [7, 11) is 0. The van der Waals surface area contributed by atoms with Crippen LogP contribution in [0.5, 0.6) is 0 Å². The molecular weight excluding hydrogens is 280 g/mol. The maximum atomic E-state index is 11.8. The Kier molecular flexibility index (Phi) is 9.87. The highest BCUT2D eigenvalue weighted by Gasteiger charge is 2.29. The van der Waals surface area contributed by atoms with Crippen molar-refractivity contribution in [1.29, 1.82) is 0 Å². The average Bonchev–Trinajstić information content (AvgIpc) is 2.94. The highest BCUT2D eigenvalue weighted by Crippen LogP contribution is 2.11. The summed E-state index contributed by atoms with van der Waals surface area (Å²) in [4.78, 5) is 22.6. The SMILES string of the molecule is CCCCCCCCCCCC(=O)N[C@H]1CN[C@@H](C(=O)O)C1. The summed E-state index contributed by atoms with van der Waals surface area (Å²) < 4.78 is 0. The second kappa shape index (κ2) is 11.5. The zero-order valence-electron chi connectivity index (χ0n) is 13.9. The van der Waals surface area contributed by atoms with Gasteiger partial charge in [0.25, 0.3) is 0 Å². The predicted molar refractivity (Wildman–Crippen MR) is 87.8 cm³/mol. The Morgan fingerprint density at radius 2 is 1.64 bits per heavy atom. The zero-order valence-corrected chi connectivity index (χ0v) is 13.9. The molecule has 0 aliphatic carbocycles. The molecule has 5 heteroatoms. The molecule has 1 rings (SSSR count). The number of amides is 1. The number of carbonyl (C=O) groups is 2. The van der Waals surface area contributed by atoms with Gasteiger partial charge in [-0.15, -0.1) is 0 Å². The fourth-order valence-corrected chi connectivity index (χ4v) is 2.93. The number of carbonyl (C=O) groups excluding carboxylic acids is 1. The van der Waals surface area contributed by atoms with Crippen molar-refractivity contribution < 1.29 is 14.7 Å². The molecule has 22 heavy (non-hydrogen) atoms. The van der Waals surface area contributed by atoms with Crippen molar-refractivity contribution in [3.8, 4) is 0 Å². The highest BCUT2D eigenvalue weighted by molar-refractivity contribution is 5.77. The molecule has 0 unspecified atom stereocenters. The first-order chi connectivity index (χ1) is 10.6. The standard InChI is InChI=1S/C17H32N2O3/c1-2-3-4-5-6-7-8-9-10-11-16(20)19-14-12-15(17(21)22)18-13-14/h14-15,18H,2-13H2,1H3,(H,19,20)(H,21,22)/t14-,15-/m1/s1. The minimum atomic E-state index is -0.837. The van der Waals surface area contributed by atoms with Crippen LogP contribution in [0.2, 0.25) is 0 Å². The number of carboxylic acid groups (broad SMARTS) is 1. The molecule has 1 saturated heterocycles. The van der Waals surface area contributed by atoms with E-state index in [4.69, 9.17) is 5.11 Å². The summed E-state index contributed by atoms with van der Waals surface area (Å²) in [6, 6.07) is -0.551. The fourth-order valence-electron chi connectivity index (χ4n) is 2.93. The Morgan fingerprint density at radius 3 is 2.18 bits per heavy atom. The van der Waals surface area contributed by atoms with Gasteiger partial charge in [0.15, 0.2) is 0 Å². The first-order valence-corrected chi connectivity index (χ1v) is 8.89. The topological polar surface area (TPSA) is 78.4 Å². The number of nitrogens with one attached hydrogen (secondary N) is 2. The molecule has 0 saturated carbocycles. The molecule has 128 valence electrons. The number of hydrogen-bond acceptors (Lipinski definition) is 3. The summed E-state index contributed by atoms with van der Waals surface area (Å²) in [5.41, 5.74) is 0. The monoisotopic (exact) mass is 312 g/mol. The Bertz CT molecular complexity index is 334. The zero-order chi connectivity index (χ0) is 16.2. The molecule has 3 N–H and O–H groups in total. The maximum Gasteiger partial charge on any atom is 0.320 e. The van der Waals surface area contributed by atoms with Gasteiger partial charge in [-0.1, -0.05) is 58.3 Å². The first-order valence-electron chi connectivity index (χ1n) is 8.89. The normalized spacial score (nSPS) is 21.0. The Morgan fingerprint density at radius 1 is 1.05 bits per heavy atom. The van der Waals surface area contributed by atoms with Crippen LogP contribution in [0.1, 0.15) is 77.6 Å². The van der Waals surface area contributed by atoms with Crippen molar-refractivity contribution in [3.63, 3.8) is 0 Å². The van der Waals surface area contributed by atoms with E-state index in [2.05, 4.69) is 17.6 Å². The van der Waals surface area contributed by atoms with Crippen molar-refractivity contribution in [2.45, 2.75) is 89.6 Å². The summed E-state index contributed by atoms with van der Waals surface area (Å²) in [5.74, 6) is -0.781.